The average molecular weight is 406 g/mol. The fourth-order valence-corrected chi connectivity index (χ4v) is 3.56. The molecule has 0 radical (unpaired) electrons. The first-order valence-corrected chi connectivity index (χ1v) is 9.72. The van der Waals surface area contributed by atoms with Crippen molar-refractivity contribution in [2.24, 2.45) is 0 Å². The van der Waals surface area contributed by atoms with E-state index >= 15 is 0 Å². The summed E-state index contributed by atoms with van der Waals surface area (Å²) in [5, 5.41) is 0. The first-order chi connectivity index (χ1) is 14.6. The molecule has 3 aromatic rings. The summed E-state index contributed by atoms with van der Waals surface area (Å²) in [6.07, 6.45) is 7.85. The van der Waals surface area contributed by atoms with Crippen LogP contribution in [0.3, 0.4) is 0 Å². The molecule has 1 amide bonds. The second-order valence-electron chi connectivity index (χ2n) is 7.06. The standard InChI is InChI=1S/C24H20F2N2O2/c25-19-9-7-18(8-10-19)22-4-2-14-28(22)24(29)12-6-17-5-11-23(21(26)15-17)30-20-3-1-13-27-16-20/h1,3,5-13,15-16,22H,2,4,14H2/b12-6+. The van der Waals surface area contributed by atoms with Gasteiger partial charge in [-0.3, -0.25) is 9.78 Å². The second-order valence-corrected chi connectivity index (χ2v) is 7.06. The van der Waals surface area contributed by atoms with Gasteiger partial charge in [-0.2, -0.15) is 0 Å². The van der Waals surface area contributed by atoms with Gasteiger partial charge in [0.05, 0.1) is 12.2 Å². The van der Waals surface area contributed by atoms with E-state index in [1.54, 1.807) is 47.5 Å². The van der Waals surface area contributed by atoms with Crippen molar-refractivity contribution >= 4 is 12.0 Å². The SMILES string of the molecule is O=C(/C=C/c1ccc(Oc2cccnc2)c(F)c1)N1CCCC1c1ccc(F)cc1. The number of carbonyl (C=O) groups is 1. The fourth-order valence-electron chi connectivity index (χ4n) is 3.56. The van der Waals surface area contributed by atoms with Crippen LogP contribution in [-0.4, -0.2) is 22.3 Å². The van der Waals surface area contributed by atoms with Crippen LogP contribution in [0.1, 0.15) is 30.0 Å². The maximum Gasteiger partial charge on any atom is 0.247 e. The van der Waals surface area contributed by atoms with Crippen molar-refractivity contribution in [3.05, 3.63) is 95.8 Å². The van der Waals surface area contributed by atoms with Crippen LogP contribution >= 0.6 is 0 Å². The lowest BCUT2D eigenvalue weighted by Crippen LogP contribution is -2.28. The summed E-state index contributed by atoms with van der Waals surface area (Å²) in [5.41, 5.74) is 1.47. The topological polar surface area (TPSA) is 42.4 Å². The van der Waals surface area contributed by atoms with E-state index in [0.717, 1.165) is 18.4 Å². The lowest BCUT2D eigenvalue weighted by molar-refractivity contribution is -0.126. The van der Waals surface area contributed by atoms with Crippen LogP contribution in [0.5, 0.6) is 11.5 Å². The predicted octanol–water partition coefficient (Wildman–Crippen LogP) is 5.53. The molecule has 4 nitrogen and oxygen atoms in total. The van der Waals surface area contributed by atoms with E-state index in [4.69, 9.17) is 4.74 Å². The molecule has 0 saturated carbocycles. The molecular weight excluding hydrogens is 386 g/mol. The molecule has 152 valence electrons. The third kappa shape index (κ3) is 4.54. The van der Waals surface area contributed by atoms with E-state index in [0.29, 0.717) is 17.9 Å². The smallest absolute Gasteiger partial charge is 0.247 e. The van der Waals surface area contributed by atoms with Crippen molar-refractivity contribution in [1.82, 2.24) is 9.88 Å². The normalized spacial score (nSPS) is 16.2. The number of benzene rings is 2. The first-order valence-electron chi connectivity index (χ1n) is 9.72. The maximum atomic E-state index is 14.4. The molecule has 0 N–H and O–H groups in total. The summed E-state index contributed by atoms with van der Waals surface area (Å²) in [6, 6.07) is 14.1. The summed E-state index contributed by atoms with van der Waals surface area (Å²) in [6.45, 7) is 0.636. The number of hydrogen-bond donors (Lipinski definition) is 0. The Hall–Kier alpha value is -3.54. The lowest BCUT2D eigenvalue weighted by Gasteiger charge is -2.23. The molecule has 0 bridgehead atoms. The van der Waals surface area contributed by atoms with Gasteiger partial charge in [-0.25, -0.2) is 8.78 Å². The van der Waals surface area contributed by atoms with E-state index in [2.05, 4.69) is 4.98 Å². The predicted molar refractivity (Wildman–Crippen MR) is 110 cm³/mol. The molecule has 1 unspecified atom stereocenters. The number of rotatable bonds is 5. The van der Waals surface area contributed by atoms with Gasteiger partial charge < -0.3 is 9.64 Å². The van der Waals surface area contributed by atoms with Gasteiger partial charge in [0, 0.05) is 18.8 Å². The van der Waals surface area contributed by atoms with Crippen molar-refractivity contribution in [2.45, 2.75) is 18.9 Å². The largest absolute Gasteiger partial charge is 0.453 e. The Morgan fingerprint density at radius 2 is 1.97 bits per heavy atom. The zero-order valence-corrected chi connectivity index (χ0v) is 16.2. The Balaban J connectivity index is 1.44. The van der Waals surface area contributed by atoms with Crippen molar-refractivity contribution in [3.63, 3.8) is 0 Å². The number of likely N-dealkylation sites (tertiary alicyclic amines) is 1. The van der Waals surface area contributed by atoms with Gasteiger partial charge in [0.2, 0.25) is 5.91 Å². The van der Waals surface area contributed by atoms with Gasteiger partial charge in [0.1, 0.15) is 11.6 Å². The fraction of sp³-hybridized carbons (Fsp3) is 0.167. The number of hydrogen-bond acceptors (Lipinski definition) is 3. The van der Waals surface area contributed by atoms with E-state index in [1.807, 2.05) is 0 Å². The molecule has 30 heavy (non-hydrogen) atoms. The molecule has 1 saturated heterocycles. The Kier molecular flexibility index (Phi) is 5.84. The molecule has 1 atom stereocenters. The van der Waals surface area contributed by atoms with Crippen molar-refractivity contribution in [2.75, 3.05) is 6.54 Å². The highest BCUT2D eigenvalue weighted by atomic mass is 19.1. The van der Waals surface area contributed by atoms with E-state index in [-0.39, 0.29) is 23.5 Å². The summed E-state index contributed by atoms with van der Waals surface area (Å²) in [4.78, 5) is 18.4. The van der Waals surface area contributed by atoms with Crippen LogP contribution in [0.25, 0.3) is 6.08 Å². The summed E-state index contributed by atoms with van der Waals surface area (Å²) < 4.78 is 33.0. The number of carbonyl (C=O) groups excluding carboxylic acids is 1. The highest BCUT2D eigenvalue weighted by Gasteiger charge is 2.28. The Labute approximate surface area is 173 Å². The Bertz CT molecular complexity index is 1050. The van der Waals surface area contributed by atoms with Gasteiger partial charge in [-0.15, -0.1) is 0 Å². The quantitative estimate of drug-likeness (QED) is 0.523. The third-order valence-corrected chi connectivity index (χ3v) is 5.03. The van der Waals surface area contributed by atoms with Gasteiger partial charge in [-0.1, -0.05) is 18.2 Å². The monoisotopic (exact) mass is 406 g/mol. The summed E-state index contributed by atoms with van der Waals surface area (Å²) in [5.74, 6) is -0.456. The van der Waals surface area contributed by atoms with Crippen molar-refractivity contribution in [1.29, 1.82) is 0 Å². The van der Waals surface area contributed by atoms with E-state index in [1.165, 1.54) is 36.5 Å². The number of amides is 1. The van der Waals surface area contributed by atoms with Gasteiger partial charge in [0.25, 0.3) is 0 Å². The number of aromatic nitrogens is 1. The average Bonchev–Trinajstić information content (AvgIpc) is 3.25. The van der Waals surface area contributed by atoms with Crippen LogP contribution in [0.4, 0.5) is 8.78 Å². The lowest BCUT2D eigenvalue weighted by atomic mass is 10.0. The van der Waals surface area contributed by atoms with Crippen LogP contribution in [-0.2, 0) is 4.79 Å². The Morgan fingerprint density at radius 1 is 1.13 bits per heavy atom. The molecule has 1 aliphatic heterocycles. The van der Waals surface area contributed by atoms with Gasteiger partial charge >= 0.3 is 0 Å². The zero-order valence-electron chi connectivity index (χ0n) is 16.2. The molecule has 0 aliphatic carbocycles. The molecular formula is C24H20F2N2O2. The molecule has 0 spiro atoms. The minimum atomic E-state index is -0.529. The maximum absolute atomic E-state index is 14.4. The zero-order chi connectivity index (χ0) is 20.9. The molecule has 1 fully saturated rings. The number of halogens is 2. The summed E-state index contributed by atoms with van der Waals surface area (Å²) in [7, 11) is 0. The van der Waals surface area contributed by atoms with Crippen LogP contribution < -0.4 is 4.74 Å². The minimum Gasteiger partial charge on any atom is -0.453 e. The molecule has 6 heteroatoms. The number of ether oxygens (including phenoxy) is 1. The molecule has 4 rings (SSSR count). The molecule has 1 aromatic heterocycles. The molecule has 2 aromatic carbocycles. The van der Waals surface area contributed by atoms with Gasteiger partial charge in [-0.05, 0) is 66.4 Å². The summed E-state index contributed by atoms with van der Waals surface area (Å²) >= 11 is 0. The van der Waals surface area contributed by atoms with Crippen LogP contribution in [0.15, 0.2) is 73.1 Å². The highest BCUT2D eigenvalue weighted by molar-refractivity contribution is 5.92. The minimum absolute atomic E-state index is 0.0743. The highest BCUT2D eigenvalue weighted by Crippen LogP contribution is 2.32. The number of nitrogens with zero attached hydrogens (tertiary/aromatic N) is 2. The first kappa shape index (κ1) is 19.8. The van der Waals surface area contributed by atoms with Crippen molar-refractivity contribution < 1.29 is 18.3 Å². The van der Waals surface area contributed by atoms with E-state index in [9.17, 15) is 13.6 Å². The number of pyridine rings is 1. The van der Waals surface area contributed by atoms with Crippen LogP contribution in [0.2, 0.25) is 0 Å². The van der Waals surface area contributed by atoms with Crippen LogP contribution in [0, 0.1) is 11.6 Å². The van der Waals surface area contributed by atoms with Crippen molar-refractivity contribution in [3.8, 4) is 11.5 Å². The second kappa shape index (κ2) is 8.86. The Morgan fingerprint density at radius 3 is 2.70 bits per heavy atom. The third-order valence-electron chi connectivity index (χ3n) is 5.03. The van der Waals surface area contributed by atoms with Gasteiger partial charge in [0.15, 0.2) is 11.6 Å². The molecule has 2 heterocycles. The molecule has 1 aliphatic rings. The van der Waals surface area contributed by atoms with E-state index < -0.39 is 5.82 Å².